The van der Waals surface area contributed by atoms with E-state index < -0.39 is 17.6 Å². The molecule has 126 valence electrons. The van der Waals surface area contributed by atoms with Crippen molar-refractivity contribution in [3.63, 3.8) is 0 Å². The monoisotopic (exact) mass is 320 g/mol. The maximum atomic E-state index is 12.2. The molecular weight excluding hydrogens is 296 g/mol. The van der Waals surface area contributed by atoms with Crippen molar-refractivity contribution in [3.05, 3.63) is 35.9 Å². The molecule has 2 rings (SSSR count). The Morgan fingerprint density at radius 3 is 2.48 bits per heavy atom. The summed E-state index contributed by atoms with van der Waals surface area (Å²) in [5, 5.41) is 0. The number of benzene rings is 1. The van der Waals surface area contributed by atoms with Crippen LogP contribution in [0.25, 0.3) is 0 Å². The van der Waals surface area contributed by atoms with Gasteiger partial charge < -0.3 is 15.2 Å². The highest BCUT2D eigenvalue weighted by atomic mass is 16.5. The van der Waals surface area contributed by atoms with Crippen LogP contribution < -0.4 is 5.73 Å². The Hall–Kier alpha value is -1.92. The first-order chi connectivity index (χ1) is 11.0. The molecule has 1 aromatic rings. The summed E-state index contributed by atoms with van der Waals surface area (Å²) in [6.45, 7) is 4.86. The third-order valence-corrected chi connectivity index (χ3v) is 3.95. The minimum atomic E-state index is -1.18. The number of hydrogen-bond acceptors (Lipinski definition) is 6. The number of ether oxygens (including phenoxy) is 2. The number of nitrogens with two attached hydrogens (primary N) is 1. The lowest BCUT2D eigenvalue weighted by atomic mass is 9.97. The van der Waals surface area contributed by atoms with Crippen LogP contribution in [0.5, 0.6) is 0 Å². The molecule has 6 heteroatoms. The molecule has 23 heavy (non-hydrogen) atoms. The van der Waals surface area contributed by atoms with Gasteiger partial charge in [0.2, 0.25) is 0 Å². The summed E-state index contributed by atoms with van der Waals surface area (Å²) in [4.78, 5) is 26.3. The zero-order valence-electron chi connectivity index (χ0n) is 13.7. The molecule has 0 amide bonds. The minimum Gasteiger partial charge on any atom is -0.465 e. The first kappa shape index (κ1) is 17.4. The van der Waals surface area contributed by atoms with Gasteiger partial charge in [-0.15, -0.1) is 0 Å². The molecular formula is C17H24N2O4. The maximum absolute atomic E-state index is 12.2. The summed E-state index contributed by atoms with van der Waals surface area (Å²) in [5.41, 5.74) is 6.11. The Kier molecular flexibility index (Phi) is 5.74. The lowest BCUT2D eigenvalue weighted by molar-refractivity contribution is -0.149. The lowest BCUT2D eigenvalue weighted by Crippen LogP contribution is -2.51. The lowest BCUT2D eigenvalue weighted by Gasteiger charge is -2.23. The van der Waals surface area contributed by atoms with Crippen LogP contribution in [0.2, 0.25) is 0 Å². The van der Waals surface area contributed by atoms with Gasteiger partial charge in [-0.2, -0.15) is 0 Å². The number of esters is 2. The summed E-state index contributed by atoms with van der Waals surface area (Å²) in [6.07, 6.45) is 0.206. The Morgan fingerprint density at radius 2 is 1.87 bits per heavy atom. The van der Waals surface area contributed by atoms with Gasteiger partial charge in [-0.05, 0) is 19.4 Å². The van der Waals surface area contributed by atoms with Gasteiger partial charge in [0.15, 0.2) is 0 Å². The molecule has 0 aliphatic carbocycles. The second-order valence-corrected chi connectivity index (χ2v) is 5.74. The van der Waals surface area contributed by atoms with Crippen molar-refractivity contribution in [2.75, 3.05) is 19.8 Å². The van der Waals surface area contributed by atoms with Crippen molar-refractivity contribution < 1.29 is 19.1 Å². The number of carbonyl (C=O) groups is 2. The molecule has 0 radical (unpaired) electrons. The van der Waals surface area contributed by atoms with E-state index in [2.05, 4.69) is 0 Å². The van der Waals surface area contributed by atoms with E-state index in [-0.39, 0.29) is 25.5 Å². The van der Waals surface area contributed by atoms with Gasteiger partial charge in [0.1, 0.15) is 11.6 Å². The molecule has 0 aromatic heterocycles. The third kappa shape index (κ3) is 4.09. The average Bonchev–Trinajstić information content (AvgIpc) is 2.87. The van der Waals surface area contributed by atoms with Gasteiger partial charge in [-0.1, -0.05) is 30.3 Å². The van der Waals surface area contributed by atoms with Gasteiger partial charge in [0, 0.05) is 19.5 Å². The molecule has 2 unspecified atom stereocenters. The molecule has 6 nitrogen and oxygen atoms in total. The molecule has 1 fully saturated rings. The molecule has 0 saturated carbocycles. The van der Waals surface area contributed by atoms with Gasteiger partial charge >= 0.3 is 11.9 Å². The van der Waals surface area contributed by atoms with E-state index in [0.717, 1.165) is 5.56 Å². The predicted octanol–water partition coefficient (Wildman–Crippen LogP) is 1.08. The normalized spacial score (nSPS) is 24.4. The Balaban J connectivity index is 2.18. The second-order valence-electron chi connectivity index (χ2n) is 5.74. The second kappa shape index (κ2) is 7.57. The SMILES string of the molecule is CCOC(=O)C1CC(N)(C(=O)OCC)CN1Cc1ccccc1. The molecule has 2 atom stereocenters. The van der Waals surface area contributed by atoms with Crippen LogP contribution in [0.3, 0.4) is 0 Å². The fraction of sp³-hybridized carbons (Fsp3) is 0.529. The van der Waals surface area contributed by atoms with E-state index in [1.54, 1.807) is 13.8 Å². The van der Waals surface area contributed by atoms with Crippen molar-refractivity contribution in [1.29, 1.82) is 0 Å². The third-order valence-electron chi connectivity index (χ3n) is 3.95. The smallest absolute Gasteiger partial charge is 0.327 e. The number of likely N-dealkylation sites (tertiary alicyclic amines) is 1. The van der Waals surface area contributed by atoms with Gasteiger partial charge in [0.25, 0.3) is 0 Å². The van der Waals surface area contributed by atoms with Crippen LogP contribution in [0, 0.1) is 0 Å². The van der Waals surface area contributed by atoms with Crippen LogP contribution in [0.15, 0.2) is 30.3 Å². The summed E-state index contributed by atoms with van der Waals surface area (Å²) >= 11 is 0. The topological polar surface area (TPSA) is 81.9 Å². The predicted molar refractivity (Wildman–Crippen MR) is 85.4 cm³/mol. The zero-order valence-corrected chi connectivity index (χ0v) is 13.7. The molecule has 0 bridgehead atoms. The highest BCUT2D eigenvalue weighted by Gasteiger charge is 2.50. The van der Waals surface area contributed by atoms with Crippen LogP contribution in [0.1, 0.15) is 25.8 Å². The fourth-order valence-electron chi connectivity index (χ4n) is 2.89. The summed E-state index contributed by atoms with van der Waals surface area (Å²) < 4.78 is 10.2. The highest BCUT2D eigenvalue weighted by Crippen LogP contribution is 2.29. The minimum absolute atomic E-state index is 0.206. The molecule has 2 N–H and O–H groups in total. The number of nitrogens with zero attached hydrogens (tertiary/aromatic N) is 1. The Bertz CT molecular complexity index is 549. The van der Waals surface area contributed by atoms with Crippen molar-refractivity contribution >= 4 is 11.9 Å². The van der Waals surface area contributed by atoms with Crippen molar-refractivity contribution in [2.45, 2.75) is 38.4 Å². The zero-order chi connectivity index (χ0) is 16.9. The molecule has 1 saturated heterocycles. The molecule has 0 spiro atoms. The average molecular weight is 320 g/mol. The standard InChI is InChI=1S/C17H24N2O4/c1-3-22-15(20)14-10-17(18,16(21)23-4-2)12-19(14)11-13-8-6-5-7-9-13/h5-9,14H,3-4,10-12,18H2,1-2H3. The van der Waals surface area contributed by atoms with Crippen molar-refractivity contribution in [3.8, 4) is 0 Å². The molecule has 1 aliphatic rings. The van der Waals surface area contributed by atoms with E-state index in [1.807, 2.05) is 35.2 Å². The highest BCUT2D eigenvalue weighted by molar-refractivity contribution is 5.85. The summed E-state index contributed by atoms with van der Waals surface area (Å²) in [5.74, 6) is -0.815. The first-order valence-electron chi connectivity index (χ1n) is 7.91. The van der Waals surface area contributed by atoms with Crippen molar-refractivity contribution in [1.82, 2.24) is 4.90 Å². The molecule has 1 aliphatic heterocycles. The number of hydrogen-bond donors (Lipinski definition) is 1. The molecule has 1 aromatic carbocycles. The quantitative estimate of drug-likeness (QED) is 0.790. The van der Waals surface area contributed by atoms with Gasteiger partial charge in [-0.3, -0.25) is 14.5 Å². The van der Waals surface area contributed by atoms with Gasteiger partial charge in [0.05, 0.1) is 13.2 Å². The van der Waals surface area contributed by atoms with Crippen molar-refractivity contribution in [2.24, 2.45) is 5.73 Å². The van der Waals surface area contributed by atoms with Gasteiger partial charge in [-0.25, -0.2) is 0 Å². The van der Waals surface area contributed by atoms with Crippen LogP contribution in [-0.2, 0) is 25.6 Å². The van der Waals surface area contributed by atoms with Crippen LogP contribution in [-0.4, -0.2) is 48.2 Å². The summed E-state index contributed by atoms with van der Waals surface area (Å²) in [6, 6.07) is 9.22. The van der Waals surface area contributed by atoms with E-state index in [9.17, 15) is 9.59 Å². The van der Waals surface area contributed by atoms with E-state index in [0.29, 0.717) is 13.2 Å². The fourth-order valence-corrected chi connectivity index (χ4v) is 2.89. The Morgan fingerprint density at radius 1 is 1.22 bits per heavy atom. The number of rotatable bonds is 6. The largest absolute Gasteiger partial charge is 0.465 e. The Labute approximate surface area is 136 Å². The number of carbonyl (C=O) groups excluding carboxylic acids is 2. The van der Waals surface area contributed by atoms with Crippen LogP contribution >= 0.6 is 0 Å². The maximum Gasteiger partial charge on any atom is 0.327 e. The van der Waals surface area contributed by atoms with E-state index in [1.165, 1.54) is 0 Å². The van der Waals surface area contributed by atoms with Crippen LogP contribution in [0.4, 0.5) is 0 Å². The van der Waals surface area contributed by atoms with E-state index >= 15 is 0 Å². The first-order valence-corrected chi connectivity index (χ1v) is 7.91. The summed E-state index contributed by atoms with van der Waals surface area (Å²) in [7, 11) is 0. The molecule has 1 heterocycles. The van der Waals surface area contributed by atoms with E-state index in [4.69, 9.17) is 15.2 Å².